The van der Waals surface area contributed by atoms with E-state index >= 15 is 0 Å². The summed E-state index contributed by atoms with van der Waals surface area (Å²) in [4.78, 5) is 29.1. The number of benzene rings is 1. The second-order valence-corrected chi connectivity index (χ2v) is 7.92. The molecular formula is C20H24N2O4. The minimum absolute atomic E-state index is 0.228. The van der Waals surface area contributed by atoms with Crippen molar-refractivity contribution in [2.75, 3.05) is 19.9 Å². The van der Waals surface area contributed by atoms with Crippen LogP contribution in [0, 0.1) is 11.8 Å². The average molecular weight is 356 g/mol. The summed E-state index contributed by atoms with van der Waals surface area (Å²) in [6.45, 7) is 2.45. The van der Waals surface area contributed by atoms with Gasteiger partial charge in [0, 0.05) is 38.0 Å². The maximum atomic E-state index is 12.6. The van der Waals surface area contributed by atoms with Crippen molar-refractivity contribution in [3.63, 3.8) is 0 Å². The first-order chi connectivity index (χ1) is 12.7. The van der Waals surface area contributed by atoms with Gasteiger partial charge in [0.2, 0.25) is 18.6 Å². The summed E-state index contributed by atoms with van der Waals surface area (Å²) in [6, 6.07) is 6.15. The van der Waals surface area contributed by atoms with Gasteiger partial charge in [-0.25, -0.2) is 0 Å². The van der Waals surface area contributed by atoms with E-state index in [2.05, 4.69) is 0 Å². The Morgan fingerprint density at radius 1 is 1.12 bits per heavy atom. The van der Waals surface area contributed by atoms with E-state index in [0.29, 0.717) is 24.8 Å². The number of fused-ring (bicyclic) bond motifs is 2. The molecule has 6 heteroatoms. The molecule has 3 fully saturated rings. The van der Waals surface area contributed by atoms with E-state index in [1.54, 1.807) is 0 Å². The third-order valence-electron chi connectivity index (χ3n) is 6.17. The molecule has 0 bridgehead atoms. The lowest BCUT2D eigenvalue weighted by Crippen LogP contribution is -2.56. The van der Waals surface area contributed by atoms with E-state index < -0.39 is 0 Å². The highest BCUT2D eigenvalue weighted by Gasteiger charge is 2.42. The maximum Gasteiger partial charge on any atom is 0.231 e. The van der Waals surface area contributed by atoms with Crippen LogP contribution in [0.15, 0.2) is 18.2 Å². The van der Waals surface area contributed by atoms with Crippen molar-refractivity contribution in [2.24, 2.45) is 11.8 Å². The van der Waals surface area contributed by atoms with Crippen LogP contribution in [0.3, 0.4) is 0 Å². The topological polar surface area (TPSA) is 59.1 Å². The highest BCUT2D eigenvalue weighted by atomic mass is 16.7. The second-order valence-electron chi connectivity index (χ2n) is 7.92. The van der Waals surface area contributed by atoms with Gasteiger partial charge in [-0.2, -0.15) is 0 Å². The zero-order valence-electron chi connectivity index (χ0n) is 14.9. The summed E-state index contributed by atoms with van der Waals surface area (Å²) in [5.41, 5.74) is 1.07. The predicted molar refractivity (Wildman–Crippen MR) is 93.5 cm³/mol. The minimum atomic E-state index is 0.228. The quantitative estimate of drug-likeness (QED) is 0.833. The molecule has 2 saturated heterocycles. The Morgan fingerprint density at radius 2 is 1.96 bits per heavy atom. The molecule has 3 heterocycles. The van der Waals surface area contributed by atoms with Crippen molar-refractivity contribution in [3.05, 3.63) is 23.8 Å². The number of likely N-dealkylation sites (tertiary alicyclic amines) is 2. The van der Waals surface area contributed by atoms with Crippen LogP contribution in [0.25, 0.3) is 0 Å². The summed E-state index contributed by atoms with van der Waals surface area (Å²) in [5.74, 6) is 2.77. The first kappa shape index (κ1) is 16.0. The summed E-state index contributed by atoms with van der Waals surface area (Å²) in [7, 11) is 0. The minimum Gasteiger partial charge on any atom is -0.454 e. The van der Waals surface area contributed by atoms with Gasteiger partial charge in [-0.15, -0.1) is 0 Å². The highest BCUT2D eigenvalue weighted by Crippen LogP contribution is 2.37. The molecule has 6 nitrogen and oxygen atoms in total. The van der Waals surface area contributed by atoms with Crippen LogP contribution in [0.2, 0.25) is 0 Å². The monoisotopic (exact) mass is 356 g/mol. The summed E-state index contributed by atoms with van der Waals surface area (Å²) >= 11 is 0. The Bertz CT molecular complexity index is 745. The smallest absolute Gasteiger partial charge is 0.231 e. The summed E-state index contributed by atoms with van der Waals surface area (Å²) in [5, 5.41) is 0. The molecule has 5 rings (SSSR count). The zero-order valence-corrected chi connectivity index (χ0v) is 14.9. The van der Waals surface area contributed by atoms with E-state index in [0.717, 1.165) is 55.8 Å². The fourth-order valence-corrected chi connectivity index (χ4v) is 4.58. The molecule has 1 aromatic rings. The molecule has 0 N–H and O–H groups in total. The lowest BCUT2D eigenvalue weighted by Gasteiger charge is -2.47. The van der Waals surface area contributed by atoms with Crippen molar-refractivity contribution < 1.29 is 19.1 Å². The number of hydrogen-bond acceptors (Lipinski definition) is 4. The van der Waals surface area contributed by atoms with Crippen molar-refractivity contribution >= 4 is 11.8 Å². The molecule has 138 valence electrons. The number of hydrogen-bond donors (Lipinski definition) is 0. The molecule has 1 aliphatic carbocycles. The van der Waals surface area contributed by atoms with E-state index in [-0.39, 0.29) is 24.7 Å². The molecule has 3 aliphatic heterocycles. The predicted octanol–water partition coefficient (Wildman–Crippen LogP) is 2.16. The first-order valence-electron chi connectivity index (χ1n) is 9.66. The van der Waals surface area contributed by atoms with Crippen molar-refractivity contribution in [1.82, 2.24) is 9.80 Å². The number of carbonyl (C=O) groups excluding carboxylic acids is 2. The molecule has 2 atom stereocenters. The molecule has 2 amide bonds. The molecule has 0 radical (unpaired) electrons. The highest BCUT2D eigenvalue weighted by molar-refractivity contribution is 5.81. The largest absolute Gasteiger partial charge is 0.454 e. The standard InChI is InChI=1S/C20H24N2O4/c23-19-6-4-15-11-21(20(24)14-2-3-14)8-7-16(15)22(19)10-13-1-5-17-18(9-13)26-12-25-17/h1,5,9,14-16H,2-4,6-8,10-12H2/t15-,16+/m1/s1. The van der Waals surface area contributed by atoms with E-state index in [9.17, 15) is 9.59 Å². The van der Waals surface area contributed by atoms with Crippen LogP contribution in [0.4, 0.5) is 0 Å². The lowest BCUT2D eigenvalue weighted by molar-refractivity contribution is -0.145. The fourth-order valence-electron chi connectivity index (χ4n) is 4.58. The van der Waals surface area contributed by atoms with Gasteiger partial charge in [0.15, 0.2) is 11.5 Å². The zero-order chi connectivity index (χ0) is 17.7. The number of carbonyl (C=O) groups is 2. The number of amides is 2. The van der Waals surface area contributed by atoms with Crippen molar-refractivity contribution in [3.8, 4) is 11.5 Å². The van der Waals surface area contributed by atoms with Crippen LogP contribution >= 0.6 is 0 Å². The van der Waals surface area contributed by atoms with Crippen LogP contribution in [-0.2, 0) is 16.1 Å². The van der Waals surface area contributed by atoms with Gasteiger partial charge < -0.3 is 19.3 Å². The lowest BCUT2D eigenvalue weighted by atomic mass is 9.83. The Hall–Kier alpha value is -2.24. The first-order valence-corrected chi connectivity index (χ1v) is 9.66. The van der Waals surface area contributed by atoms with Gasteiger partial charge in [0.05, 0.1) is 0 Å². The number of piperidine rings is 2. The van der Waals surface area contributed by atoms with Crippen molar-refractivity contribution in [2.45, 2.75) is 44.7 Å². The fraction of sp³-hybridized carbons (Fsp3) is 0.600. The van der Waals surface area contributed by atoms with Gasteiger partial charge in [0.25, 0.3) is 0 Å². The van der Waals surface area contributed by atoms with Crippen LogP contribution in [0.5, 0.6) is 11.5 Å². The third kappa shape index (κ3) is 2.81. The number of nitrogens with zero attached hydrogens (tertiary/aromatic N) is 2. The third-order valence-corrected chi connectivity index (χ3v) is 6.17. The Balaban J connectivity index is 1.30. The molecule has 0 aromatic heterocycles. The molecule has 1 aromatic carbocycles. The SMILES string of the molecule is O=C(C1CC1)N1CC[C@H]2[C@H](CCC(=O)N2Cc2ccc3c(c2)OCO3)C1. The van der Waals surface area contributed by atoms with Gasteiger partial charge in [0.1, 0.15) is 0 Å². The van der Waals surface area contributed by atoms with Crippen molar-refractivity contribution in [1.29, 1.82) is 0 Å². The molecule has 0 spiro atoms. The van der Waals surface area contributed by atoms with Gasteiger partial charge >= 0.3 is 0 Å². The normalized spacial score (nSPS) is 27.5. The van der Waals surface area contributed by atoms with E-state index in [1.165, 1.54) is 0 Å². The molecule has 0 unspecified atom stereocenters. The Labute approximate surface area is 153 Å². The average Bonchev–Trinajstić information content (AvgIpc) is 3.41. The van der Waals surface area contributed by atoms with Gasteiger partial charge in [-0.3, -0.25) is 9.59 Å². The Morgan fingerprint density at radius 3 is 2.81 bits per heavy atom. The summed E-state index contributed by atoms with van der Waals surface area (Å²) < 4.78 is 10.8. The number of ether oxygens (including phenoxy) is 2. The van der Waals surface area contributed by atoms with Gasteiger partial charge in [-0.05, 0) is 49.3 Å². The van der Waals surface area contributed by atoms with E-state index in [4.69, 9.17) is 9.47 Å². The molecular weight excluding hydrogens is 332 g/mol. The van der Waals surface area contributed by atoms with Crippen LogP contribution in [0.1, 0.15) is 37.7 Å². The molecule has 4 aliphatic rings. The number of rotatable bonds is 3. The molecule has 26 heavy (non-hydrogen) atoms. The Kier molecular flexibility index (Phi) is 3.80. The maximum absolute atomic E-state index is 12.6. The van der Waals surface area contributed by atoms with E-state index in [1.807, 2.05) is 28.0 Å². The van der Waals surface area contributed by atoms with Crippen LogP contribution in [-0.4, -0.2) is 47.5 Å². The summed E-state index contributed by atoms with van der Waals surface area (Å²) in [6.07, 6.45) is 4.47. The molecule has 1 saturated carbocycles. The second kappa shape index (κ2) is 6.18. The van der Waals surface area contributed by atoms with Gasteiger partial charge in [-0.1, -0.05) is 6.07 Å². The van der Waals surface area contributed by atoms with Crippen LogP contribution < -0.4 is 9.47 Å².